The predicted molar refractivity (Wildman–Crippen MR) is 62.9 cm³/mol. The van der Waals surface area contributed by atoms with Gasteiger partial charge in [-0.15, -0.1) is 11.6 Å². The normalized spacial score (nSPS) is 12.7. The Kier molecular flexibility index (Phi) is 4.00. The highest BCUT2D eigenvalue weighted by molar-refractivity contribution is 6.18. The molecule has 0 bridgehead atoms. The molecule has 2 nitrogen and oxygen atoms in total. The molecule has 0 heterocycles. The van der Waals surface area contributed by atoms with E-state index in [0.29, 0.717) is 0 Å². The third-order valence-electron chi connectivity index (χ3n) is 2.81. The van der Waals surface area contributed by atoms with Gasteiger partial charge < -0.3 is 9.84 Å². The lowest BCUT2D eigenvalue weighted by molar-refractivity contribution is 0.201. The summed E-state index contributed by atoms with van der Waals surface area (Å²) in [4.78, 5) is 0. The van der Waals surface area contributed by atoms with Crippen molar-refractivity contribution in [3.63, 3.8) is 0 Å². The summed E-state index contributed by atoms with van der Waals surface area (Å²) in [6, 6.07) is 1.94. The lowest BCUT2D eigenvalue weighted by atomic mass is 9.94. The van der Waals surface area contributed by atoms with Crippen LogP contribution < -0.4 is 4.74 Å². The van der Waals surface area contributed by atoms with Gasteiger partial charge in [0.1, 0.15) is 5.75 Å². The van der Waals surface area contributed by atoms with Crippen LogP contribution in [0.25, 0.3) is 0 Å². The molecule has 0 spiro atoms. The van der Waals surface area contributed by atoms with E-state index in [4.69, 9.17) is 16.3 Å². The number of hydrogen-bond donors (Lipinski definition) is 1. The van der Waals surface area contributed by atoms with Crippen molar-refractivity contribution >= 4 is 11.6 Å². The zero-order chi connectivity index (χ0) is 11.6. The minimum Gasteiger partial charge on any atom is -0.496 e. The van der Waals surface area contributed by atoms with Crippen LogP contribution in [0.4, 0.5) is 0 Å². The Morgan fingerprint density at radius 3 is 2.40 bits per heavy atom. The number of aryl methyl sites for hydroxylation is 1. The minimum atomic E-state index is -0.601. The maximum Gasteiger partial charge on any atom is 0.122 e. The van der Waals surface area contributed by atoms with E-state index in [9.17, 15) is 5.11 Å². The van der Waals surface area contributed by atoms with Gasteiger partial charge in [0, 0.05) is 0 Å². The monoisotopic (exact) mass is 228 g/mol. The Morgan fingerprint density at radius 1 is 1.33 bits per heavy atom. The fourth-order valence-electron chi connectivity index (χ4n) is 1.87. The van der Waals surface area contributed by atoms with Gasteiger partial charge in [0.05, 0.1) is 19.1 Å². The van der Waals surface area contributed by atoms with E-state index >= 15 is 0 Å². The topological polar surface area (TPSA) is 29.5 Å². The number of alkyl halides is 1. The average Bonchev–Trinajstić information content (AvgIpc) is 2.23. The first kappa shape index (κ1) is 12.3. The molecule has 1 atom stereocenters. The molecule has 84 valence electrons. The van der Waals surface area contributed by atoms with Crippen LogP contribution in [-0.2, 0) is 0 Å². The first-order chi connectivity index (χ1) is 7.02. The number of benzene rings is 1. The first-order valence-corrected chi connectivity index (χ1v) is 5.45. The van der Waals surface area contributed by atoms with Crippen LogP contribution in [0.5, 0.6) is 5.75 Å². The zero-order valence-electron chi connectivity index (χ0n) is 9.60. The molecule has 0 amide bonds. The van der Waals surface area contributed by atoms with Crippen molar-refractivity contribution in [1.82, 2.24) is 0 Å². The van der Waals surface area contributed by atoms with E-state index < -0.39 is 6.10 Å². The summed E-state index contributed by atoms with van der Waals surface area (Å²) in [6.45, 7) is 5.92. The SMILES string of the molecule is COc1cc(C)c(C(O)CCl)c(C)c1C. The van der Waals surface area contributed by atoms with Gasteiger partial charge in [-0.1, -0.05) is 0 Å². The van der Waals surface area contributed by atoms with Gasteiger partial charge >= 0.3 is 0 Å². The minimum absolute atomic E-state index is 0.216. The molecule has 1 rings (SSSR count). The molecule has 0 fully saturated rings. The van der Waals surface area contributed by atoms with Crippen molar-refractivity contribution in [3.8, 4) is 5.75 Å². The molecule has 0 aliphatic rings. The van der Waals surface area contributed by atoms with Crippen LogP contribution in [0.1, 0.15) is 28.4 Å². The number of rotatable bonds is 3. The lowest BCUT2D eigenvalue weighted by Gasteiger charge is -2.18. The van der Waals surface area contributed by atoms with Crippen LogP contribution in [0.15, 0.2) is 6.07 Å². The van der Waals surface area contributed by atoms with E-state index in [-0.39, 0.29) is 5.88 Å². The van der Waals surface area contributed by atoms with Gasteiger partial charge in [0.25, 0.3) is 0 Å². The largest absolute Gasteiger partial charge is 0.496 e. The molecular weight excluding hydrogens is 212 g/mol. The highest BCUT2D eigenvalue weighted by Gasteiger charge is 2.16. The van der Waals surface area contributed by atoms with Crippen molar-refractivity contribution in [2.45, 2.75) is 26.9 Å². The van der Waals surface area contributed by atoms with E-state index in [1.54, 1.807) is 7.11 Å². The van der Waals surface area contributed by atoms with Crippen LogP contribution in [0.2, 0.25) is 0 Å². The number of methoxy groups -OCH3 is 1. The summed E-state index contributed by atoms with van der Waals surface area (Å²) in [5.74, 6) is 1.07. The van der Waals surface area contributed by atoms with E-state index in [2.05, 4.69) is 0 Å². The standard InChI is InChI=1S/C12H17ClO2/c1-7-5-11(15-4)8(2)9(3)12(7)10(14)6-13/h5,10,14H,6H2,1-4H3. The molecule has 1 unspecified atom stereocenters. The molecule has 1 N–H and O–H groups in total. The Balaban J connectivity index is 3.35. The highest BCUT2D eigenvalue weighted by Crippen LogP contribution is 2.31. The number of aliphatic hydroxyl groups is 1. The summed E-state index contributed by atoms with van der Waals surface area (Å²) >= 11 is 5.68. The maximum absolute atomic E-state index is 9.81. The van der Waals surface area contributed by atoms with Crippen molar-refractivity contribution in [2.24, 2.45) is 0 Å². The summed E-state index contributed by atoms with van der Waals surface area (Å²) in [6.07, 6.45) is -0.601. The van der Waals surface area contributed by atoms with Crippen LogP contribution in [0.3, 0.4) is 0 Å². The molecule has 1 aromatic rings. The maximum atomic E-state index is 9.81. The summed E-state index contributed by atoms with van der Waals surface area (Å²) in [7, 11) is 1.65. The van der Waals surface area contributed by atoms with Gasteiger partial charge in [-0.25, -0.2) is 0 Å². The third-order valence-corrected chi connectivity index (χ3v) is 3.10. The Bertz CT molecular complexity index is 361. The van der Waals surface area contributed by atoms with Gasteiger partial charge in [-0.3, -0.25) is 0 Å². The smallest absolute Gasteiger partial charge is 0.122 e. The first-order valence-electron chi connectivity index (χ1n) is 4.91. The molecule has 0 aromatic heterocycles. The van der Waals surface area contributed by atoms with Gasteiger partial charge in [-0.2, -0.15) is 0 Å². The lowest BCUT2D eigenvalue weighted by Crippen LogP contribution is -2.06. The summed E-state index contributed by atoms with van der Waals surface area (Å²) < 4.78 is 5.26. The second-order valence-electron chi connectivity index (χ2n) is 3.73. The van der Waals surface area contributed by atoms with E-state index in [0.717, 1.165) is 28.0 Å². The van der Waals surface area contributed by atoms with Gasteiger partial charge in [0.15, 0.2) is 0 Å². The molecule has 15 heavy (non-hydrogen) atoms. The van der Waals surface area contributed by atoms with Crippen LogP contribution in [-0.4, -0.2) is 18.1 Å². The summed E-state index contributed by atoms with van der Waals surface area (Å²) in [5, 5.41) is 9.81. The number of aliphatic hydroxyl groups excluding tert-OH is 1. The highest BCUT2D eigenvalue weighted by atomic mass is 35.5. The Morgan fingerprint density at radius 2 is 1.93 bits per heavy atom. The van der Waals surface area contributed by atoms with E-state index in [1.807, 2.05) is 26.8 Å². The molecular formula is C12H17ClO2. The van der Waals surface area contributed by atoms with Gasteiger partial charge in [-0.05, 0) is 49.1 Å². The molecule has 3 heteroatoms. The zero-order valence-corrected chi connectivity index (χ0v) is 10.4. The predicted octanol–water partition coefficient (Wildman–Crippen LogP) is 2.89. The number of ether oxygens (including phenoxy) is 1. The summed E-state index contributed by atoms with van der Waals surface area (Å²) in [5.41, 5.74) is 4.05. The molecule has 0 saturated heterocycles. The third kappa shape index (κ3) is 2.27. The van der Waals surface area contributed by atoms with Crippen molar-refractivity contribution in [1.29, 1.82) is 0 Å². The van der Waals surface area contributed by atoms with Crippen LogP contribution in [0, 0.1) is 20.8 Å². The fraction of sp³-hybridized carbons (Fsp3) is 0.500. The second-order valence-corrected chi connectivity index (χ2v) is 4.04. The average molecular weight is 229 g/mol. The molecule has 0 saturated carbocycles. The number of halogens is 1. The molecule has 0 radical (unpaired) electrons. The Labute approximate surface area is 95.8 Å². The van der Waals surface area contributed by atoms with Crippen molar-refractivity contribution in [2.75, 3.05) is 13.0 Å². The second kappa shape index (κ2) is 4.86. The van der Waals surface area contributed by atoms with Crippen molar-refractivity contribution in [3.05, 3.63) is 28.3 Å². The number of hydrogen-bond acceptors (Lipinski definition) is 2. The van der Waals surface area contributed by atoms with E-state index in [1.165, 1.54) is 0 Å². The Hall–Kier alpha value is -0.730. The fourth-order valence-corrected chi connectivity index (χ4v) is 2.02. The molecule has 1 aromatic carbocycles. The molecule has 0 aliphatic carbocycles. The van der Waals surface area contributed by atoms with Crippen LogP contribution >= 0.6 is 11.6 Å². The molecule has 0 aliphatic heterocycles. The van der Waals surface area contributed by atoms with Crippen molar-refractivity contribution < 1.29 is 9.84 Å². The van der Waals surface area contributed by atoms with Gasteiger partial charge in [0.2, 0.25) is 0 Å². The quantitative estimate of drug-likeness (QED) is 0.807.